The average molecular weight is 282 g/mol. The molecule has 1 aromatic heterocycles. The van der Waals surface area contributed by atoms with Crippen molar-refractivity contribution in [3.05, 3.63) is 28.5 Å². The number of hydrogen-bond acceptors (Lipinski definition) is 3. The molecule has 2 fully saturated rings. The molecular weight excluding hydrogens is 266 g/mol. The van der Waals surface area contributed by atoms with Crippen molar-refractivity contribution >= 4 is 15.9 Å². The van der Waals surface area contributed by atoms with Crippen molar-refractivity contribution in [2.24, 2.45) is 5.73 Å². The maximum absolute atomic E-state index is 6.23. The number of aromatic nitrogens is 1. The van der Waals surface area contributed by atoms with E-state index in [1.807, 2.05) is 12.4 Å². The maximum Gasteiger partial charge on any atom is 0.0518 e. The highest BCUT2D eigenvalue weighted by atomic mass is 79.9. The number of rotatable bonds is 2. The van der Waals surface area contributed by atoms with E-state index in [-0.39, 0.29) is 6.04 Å². The summed E-state index contributed by atoms with van der Waals surface area (Å²) in [5.41, 5.74) is 7.49. The summed E-state index contributed by atoms with van der Waals surface area (Å²) < 4.78 is 1.04. The SMILES string of the molecule is NC1CCN(C2CC2)C1c1cncc(Br)c1. The minimum atomic E-state index is 0.261. The first-order valence-electron chi connectivity index (χ1n) is 5.87. The topological polar surface area (TPSA) is 42.1 Å². The Bertz CT molecular complexity index is 392. The molecule has 1 aliphatic heterocycles. The molecule has 3 rings (SSSR count). The van der Waals surface area contributed by atoms with Gasteiger partial charge in [-0.2, -0.15) is 0 Å². The highest BCUT2D eigenvalue weighted by molar-refractivity contribution is 9.10. The van der Waals surface area contributed by atoms with Crippen molar-refractivity contribution in [1.29, 1.82) is 0 Å². The monoisotopic (exact) mass is 281 g/mol. The number of nitrogens with zero attached hydrogens (tertiary/aromatic N) is 2. The second-order valence-corrected chi connectivity index (χ2v) is 5.72. The Morgan fingerprint density at radius 2 is 2.12 bits per heavy atom. The lowest BCUT2D eigenvalue weighted by molar-refractivity contribution is 0.237. The molecule has 86 valence electrons. The maximum atomic E-state index is 6.23. The first-order valence-corrected chi connectivity index (χ1v) is 6.67. The van der Waals surface area contributed by atoms with Crippen LogP contribution in [0, 0.1) is 0 Å². The van der Waals surface area contributed by atoms with Gasteiger partial charge in [-0.05, 0) is 46.8 Å². The van der Waals surface area contributed by atoms with Crippen LogP contribution in [0.15, 0.2) is 22.9 Å². The number of halogens is 1. The Balaban J connectivity index is 1.90. The lowest BCUT2D eigenvalue weighted by Crippen LogP contribution is -2.33. The number of hydrogen-bond donors (Lipinski definition) is 1. The first-order chi connectivity index (χ1) is 7.75. The molecule has 4 heteroatoms. The lowest BCUT2D eigenvalue weighted by Gasteiger charge is -2.26. The van der Waals surface area contributed by atoms with Gasteiger partial charge in [0.05, 0.1) is 6.04 Å². The summed E-state index contributed by atoms with van der Waals surface area (Å²) in [7, 11) is 0. The molecule has 0 amide bonds. The summed E-state index contributed by atoms with van der Waals surface area (Å²) in [6, 6.07) is 3.56. The average Bonchev–Trinajstić information content (AvgIpc) is 3.02. The van der Waals surface area contributed by atoms with E-state index < -0.39 is 0 Å². The van der Waals surface area contributed by atoms with Crippen molar-refractivity contribution in [2.45, 2.75) is 37.4 Å². The van der Waals surface area contributed by atoms with Gasteiger partial charge in [0.15, 0.2) is 0 Å². The molecule has 1 saturated heterocycles. The molecule has 0 radical (unpaired) electrons. The zero-order valence-electron chi connectivity index (χ0n) is 9.14. The van der Waals surface area contributed by atoms with Crippen LogP contribution in [0.4, 0.5) is 0 Å². The summed E-state index contributed by atoms with van der Waals surface area (Å²) in [5, 5.41) is 0. The van der Waals surface area contributed by atoms with Gasteiger partial charge >= 0.3 is 0 Å². The fraction of sp³-hybridized carbons (Fsp3) is 0.583. The molecule has 0 bridgehead atoms. The zero-order chi connectivity index (χ0) is 11.1. The number of pyridine rings is 1. The van der Waals surface area contributed by atoms with E-state index in [1.165, 1.54) is 18.4 Å². The Hall–Kier alpha value is -0.450. The third kappa shape index (κ3) is 1.90. The molecule has 1 saturated carbocycles. The van der Waals surface area contributed by atoms with Gasteiger partial charge in [-0.15, -0.1) is 0 Å². The molecule has 2 unspecified atom stereocenters. The van der Waals surface area contributed by atoms with Crippen LogP contribution in [0.25, 0.3) is 0 Å². The predicted molar refractivity (Wildman–Crippen MR) is 67.0 cm³/mol. The van der Waals surface area contributed by atoms with Crippen LogP contribution in [0.3, 0.4) is 0 Å². The first kappa shape index (κ1) is 10.7. The van der Waals surface area contributed by atoms with E-state index in [0.29, 0.717) is 6.04 Å². The molecule has 0 aromatic carbocycles. The van der Waals surface area contributed by atoms with Crippen LogP contribution in [0.1, 0.15) is 30.9 Å². The molecule has 2 N–H and O–H groups in total. The number of likely N-dealkylation sites (tertiary alicyclic amines) is 1. The molecule has 1 aliphatic carbocycles. The fourth-order valence-electron chi connectivity index (χ4n) is 2.69. The molecule has 2 aliphatic rings. The van der Waals surface area contributed by atoms with E-state index in [4.69, 9.17) is 5.73 Å². The van der Waals surface area contributed by atoms with Crippen LogP contribution < -0.4 is 5.73 Å². The van der Waals surface area contributed by atoms with E-state index in [2.05, 4.69) is 31.9 Å². The van der Waals surface area contributed by atoms with Gasteiger partial charge in [0.25, 0.3) is 0 Å². The molecular formula is C12H16BrN3. The summed E-state index contributed by atoms with van der Waals surface area (Å²) in [5.74, 6) is 0. The Morgan fingerprint density at radius 1 is 1.31 bits per heavy atom. The van der Waals surface area contributed by atoms with Crippen LogP contribution in [-0.4, -0.2) is 28.5 Å². The third-order valence-corrected chi connectivity index (χ3v) is 4.00. The zero-order valence-corrected chi connectivity index (χ0v) is 10.7. The van der Waals surface area contributed by atoms with E-state index in [9.17, 15) is 0 Å². The Kier molecular flexibility index (Phi) is 2.73. The van der Waals surface area contributed by atoms with Crippen molar-refractivity contribution < 1.29 is 0 Å². The summed E-state index contributed by atoms with van der Waals surface area (Å²) in [6.07, 6.45) is 7.56. The minimum Gasteiger partial charge on any atom is -0.326 e. The van der Waals surface area contributed by atoms with Crippen LogP contribution in [0.5, 0.6) is 0 Å². The summed E-state index contributed by atoms with van der Waals surface area (Å²) in [6.45, 7) is 1.14. The second kappa shape index (κ2) is 4.09. The lowest BCUT2D eigenvalue weighted by atomic mass is 10.0. The van der Waals surface area contributed by atoms with Crippen LogP contribution in [0.2, 0.25) is 0 Å². The van der Waals surface area contributed by atoms with Crippen LogP contribution >= 0.6 is 15.9 Å². The second-order valence-electron chi connectivity index (χ2n) is 4.80. The Morgan fingerprint density at radius 3 is 2.81 bits per heavy atom. The van der Waals surface area contributed by atoms with Crippen molar-refractivity contribution in [3.8, 4) is 0 Å². The third-order valence-electron chi connectivity index (χ3n) is 3.57. The van der Waals surface area contributed by atoms with Gasteiger partial charge in [-0.3, -0.25) is 9.88 Å². The highest BCUT2D eigenvalue weighted by Crippen LogP contribution is 2.40. The quantitative estimate of drug-likeness (QED) is 0.903. The predicted octanol–water partition coefficient (Wildman–Crippen LogP) is 2.08. The molecule has 2 heterocycles. The highest BCUT2D eigenvalue weighted by Gasteiger charge is 2.41. The number of nitrogens with two attached hydrogens (primary N) is 1. The van der Waals surface area contributed by atoms with E-state index >= 15 is 0 Å². The molecule has 0 spiro atoms. The largest absolute Gasteiger partial charge is 0.326 e. The van der Waals surface area contributed by atoms with E-state index in [0.717, 1.165) is 23.5 Å². The van der Waals surface area contributed by atoms with Gasteiger partial charge in [-0.25, -0.2) is 0 Å². The standard InChI is InChI=1S/C12H16BrN3/c13-9-5-8(6-15-7-9)12-11(14)3-4-16(12)10-1-2-10/h5-7,10-12H,1-4,14H2. The molecule has 2 atom stereocenters. The summed E-state index contributed by atoms with van der Waals surface area (Å²) in [4.78, 5) is 6.81. The van der Waals surface area contributed by atoms with Crippen molar-refractivity contribution in [2.75, 3.05) is 6.54 Å². The van der Waals surface area contributed by atoms with Gasteiger partial charge in [0.1, 0.15) is 0 Å². The van der Waals surface area contributed by atoms with Gasteiger partial charge in [-0.1, -0.05) is 0 Å². The molecule has 3 nitrogen and oxygen atoms in total. The normalized spacial score (nSPS) is 30.9. The van der Waals surface area contributed by atoms with Crippen LogP contribution in [-0.2, 0) is 0 Å². The van der Waals surface area contributed by atoms with Gasteiger partial charge in [0.2, 0.25) is 0 Å². The summed E-state index contributed by atoms with van der Waals surface area (Å²) >= 11 is 3.48. The van der Waals surface area contributed by atoms with Crippen molar-refractivity contribution in [3.63, 3.8) is 0 Å². The molecule has 1 aromatic rings. The van der Waals surface area contributed by atoms with Gasteiger partial charge in [0, 0.05) is 35.5 Å². The molecule has 16 heavy (non-hydrogen) atoms. The van der Waals surface area contributed by atoms with E-state index in [1.54, 1.807) is 0 Å². The van der Waals surface area contributed by atoms with Crippen molar-refractivity contribution in [1.82, 2.24) is 9.88 Å². The minimum absolute atomic E-state index is 0.261. The Labute approximate surface area is 104 Å². The fourth-order valence-corrected chi connectivity index (χ4v) is 3.07. The smallest absolute Gasteiger partial charge is 0.0518 e. The van der Waals surface area contributed by atoms with Gasteiger partial charge < -0.3 is 5.73 Å².